The average Bonchev–Trinajstić information content (AvgIpc) is 3.45. The lowest BCUT2D eigenvalue weighted by Gasteiger charge is -2.51. The minimum Gasteiger partial charge on any atom is -0.469 e. The molecule has 256 valence electrons. The molecule has 10 heteroatoms. The van der Waals surface area contributed by atoms with Crippen molar-refractivity contribution >= 4 is 23.9 Å². The first-order valence-corrected chi connectivity index (χ1v) is 17.3. The first-order chi connectivity index (χ1) is 23.2. The SMILES string of the molecule is COC(=O)C1C(OC(=O)[C@@H]2[C@H](C(=O)OC3C[C@@H]4CC[C@H](C3C(=O)OC)N4C)[C@H](c3ccccc3)[C@@H]2c2ccccc2)C[C@@H]2CC[C@H]1N2C. The van der Waals surface area contributed by atoms with Crippen molar-refractivity contribution in [2.45, 2.75) is 86.7 Å². The Balaban J connectivity index is 1.23. The molecule has 4 unspecified atom stereocenters. The first-order valence-electron chi connectivity index (χ1n) is 17.3. The fourth-order valence-electron chi connectivity index (χ4n) is 9.94. The van der Waals surface area contributed by atoms with Gasteiger partial charge < -0.3 is 18.9 Å². The zero-order valence-electron chi connectivity index (χ0n) is 28.1. The minimum atomic E-state index is -0.847. The van der Waals surface area contributed by atoms with Crippen LogP contribution in [0.1, 0.15) is 61.5 Å². The van der Waals surface area contributed by atoms with Crippen molar-refractivity contribution in [2.24, 2.45) is 23.7 Å². The fraction of sp³-hybridized carbons (Fsp3) is 0.579. The van der Waals surface area contributed by atoms with Crippen molar-refractivity contribution in [2.75, 3.05) is 28.3 Å². The van der Waals surface area contributed by atoms with Gasteiger partial charge >= 0.3 is 23.9 Å². The molecule has 48 heavy (non-hydrogen) atoms. The van der Waals surface area contributed by atoms with Crippen LogP contribution in [0.4, 0.5) is 0 Å². The number of hydrogen-bond acceptors (Lipinski definition) is 10. The fourth-order valence-corrected chi connectivity index (χ4v) is 9.94. The topological polar surface area (TPSA) is 112 Å². The number of fused-ring (bicyclic) bond motifs is 4. The molecule has 0 aromatic heterocycles. The third kappa shape index (κ3) is 5.50. The van der Waals surface area contributed by atoms with Crippen LogP contribution in [-0.4, -0.2) is 98.4 Å². The maximum atomic E-state index is 14.5. The number of ether oxygens (including phenoxy) is 4. The van der Waals surface area contributed by atoms with Gasteiger partial charge in [0.25, 0.3) is 0 Å². The number of nitrogens with zero attached hydrogens (tertiary/aromatic N) is 2. The molecule has 4 heterocycles. The van der Waals surface area contributed by atoms with E-state index in [2.05, 4.69) is 9.80 Å². The molecule has 5 fully saturated rings. The van der Waals surface area contributed by atoms with Crippen LogP contribution in [0.15, 0.2) is 60.7 Å². The maximum absolute atomic E-state index is 14.5. The van der Waals surface area contributed by atoms with Gasteiger partial charge in [0, 0.05) is 48.8 Å². The Bertz CT molecular complexity index is 1410. The lowest BCUT2D eigenvalue weighted by Crippen LogP contribution is -2.58. The highest BCUT2D eigenvalue weighted by atomic mass is 16.6. The Morgan fingerprint density at radius 3 is 1.27 bits per heavy atom. The van der Waals surface area contributed by atoms with E-state index in [1.807, 2.05) is 74.8 Å². The summed E-state index contributed by atoms with van der Waals surface area (Å²) in [5.41, 5.74) is 1.85. The van der Waals surface area contributed by atoms with Crippen molar-refractivity contribution in [3.8, 4) is 0 Å². The van der Waals surface area contributed by atoms with Gasteiger partial charge in [0.2, 0.25) is 0 Å². The van der Waals surface area contributed by atoms with Gasteiger partial charge in [-0.1, -0.05) is 60.7 Å². The molecule has 4 bridgehead atoms. The summed E-state index contributed by atoms with van der Waals surface area (Å²) in [5.74, 6) is -5.41. The van der Waals surface area contributed by atoms with Crippen LogP contribution < -0.4 is 0 Å². The van der Waals surface area contributed by atoms with Crippen molar-refractivity contribution in [1.29, 1.82) is 0 Å². The van der Waals surface area contributed by atoms with Crippen LogP contribution in [0.5, 0.6) is 0 Å². The molecule has 12 atom stereocenters. The molecular formula is C38H46N2O8. The molecule has 0 radical (unpaired) electrons. The summed E-state index contributed by atoms with van der Waals surface area (Å²) in [5, 5.41) is 0. The van der Waals surface area contributed by atoms with E-state index in [-0.39, 0.29) is 47.9 Å². The monoisotopic (exact) mass is 658 g/mol. The van der Waals surface area contributed by atoms with Crippen LogP contribution >= 0.6 is 0 Å². The Morgan fingerprint density at radius 2 is 0.917 bits per heavy atom. The molecule has 7 rings (SSSR count). The number of carbonyl (C=O) groups is 4. The van der Waals surface area contributed by atoms with Gasteiger partial charge in [0.15, 0.2) is 0 Å². The standard InChI is InChI=1S/C38H46N2O8/c1-39-23-15-17-25(39)31(35(41)45-3)27(19-23)47-37(43)33-29(21-11-7-5-8-12-21)30(22-13-9-6-10-14-22)34(33)38(44)48-28-20-24-16-18-26(40(24)2)32(28)36(42)46-4/h5-14,23-34H,15-20H2,1-4H3/t23-,24-,25+,26+,27?,28?,29-,30+,31?,32?,33-,34+/m0/s1. The van der Waals surface area contributed by atoms with Gasteiger partial charge in [0.05, 0.1) is 26.1 Å². The minimum absolute atomic E-state index is 0.0757. The number of benzene rings is 2. The van der Waals surface area contributed by atoms with E-state index in [1.54, 1.807) is 0 Å². The van der Waals surface area contributed by atoms with E-state index in [0.29, 0.717) is 12.8 Å². The Hall–Kier alpha value is -3.76. The average molecular weight is 659 g/mol. The highest BCUT2D eigenvalue weighted by Gasteiger charge is 2.62. The van der Waals surface area contributed by atoms with Gasteiger partial charge in [-0.3, -0.25) is 29.0 Å². The normalized spacial score (nSPS) is 37.2. The van der Waals surface area contributed by atoms with E-state index >= 15 is 0 Å². The summed E-state index contributed by atoms with van der Waals surface area (Å²) in [6.07, 6.45) is 3.24. The molecule has 0 amide bonds. The predicted octanol–water partition coefficient (Wildman–Crippen LogP) is 3.94. The van der Waals surface area contributed by atoms with Crippen LogP contribution in [0.25, 0.3) is 0 Å². The Kier molecular flexibility index (Phi) is 9.06. The zero-order chi connectivity index (χ0) is 33.7. The van der Waals surface area contributed by atoms with Gasteiger partial charge in [-0.25, -0.2) is 0 Å². The summed E-state index contributed by atoms with van der Waals surface area (Å²) < 4.78 is 23.1. The smallest absolute Gasteiger partial charge is 0.314 e. The number of hydrogen-bond donors (Lipinski definition) is 0. The molecule has 4 saturated heterocycles. The van der Waals surface area contributed by atoms with E-state index in [1.165, 1.54) is 14.2 Å². The molecule has 0 spiro atoms. The maximum Gasteiger partial charge on any atom is 0.314 e. The van der Waals surface area contributed by atoms with Gasteiger partial charge in [-0.2, -0.15) is 0 Å². The number of carbonyl (C=O) groups excluding carboxylic acids is 4. The van der Waals surface area contributed by atoms with E-state index in [9.17, 15) is 19.2 Å². The quantitative estimate of drug-likeness (QED) is 0.306. The van der Waals surface area contributed by atoms with Crippen LogP contribution in [-0.2, 0) is 38.1 Å². The summed E-state index contributed by atoms with van der Waals surface area (Å²) >= 11 is 0. The molecule has 1 aliphatic carbocycles. The lowest BCUT2D eigenvalue weighted by atomic mass is 9.52. The highest BCUT2D eigenvalue weighted by molar-refractivity contribution is 5.88. The molecule has 10 nitrogen and oxygen atoms in total. The molecule has 5 aliphatic rings. The zero-order valence-corrected chi connectivity index (χ0v) is 28.1. The van der Waals surface area contributed by atoms with Gasteiger partial charge in [-0.05, 0) is 50.9 Å². The number of rotatable bonds is 8. The molecule has 0 N–H and O–H groups in total. The van der Waals surface area contributed by atoms with Crippen molar-refractivity contribution < 1.29 is 38.1 Å². The lowest BCUT2D eigenvalue weighted by molar-refractivity contribution is -0.190. The summed E-state index contributed by atoms with van der Waals surface area (Å²) in [6.45, 7) is 0. The Morgan fingerprint density at radius 1 is 0.542 bits per heavy atom. The van der Waals surface area contributed by atoms with Gasteiger partial charge in [0.1, 0.15) is 24.0 Å². The second-order valence-corrected chi connectivity index (χ2v) is 14.4. The van der Waals surface area contributed by atoms with Gasteiger partial charge in [-0.15, -0.1) is 0 Å². The largest absolute Gasteiger partial charge is 0.469 e. The van der Waals surface area contributed by atoms with E-state index in [0.717, 1.165) is 36.8 Å². The molecule has 4 aliphatic heterocycles. The number of piperidine rings is 2. The second-order valence-electron chi connectivity index (χ2n) is 14.4. The summed E-state index contributed by atoms with van der Waals surface area (Å²) in [7, 11) is 6.77. The van der Waals surface area contributed by atoms with E-state index in [4.69, 9.17) is 18.9 Å². The van der Waals surface area contributed by atoms with Crippen molar-refractivity contribution in [3.05, 3.63) is 71.8 Å². The predicted molar refractivity (Wildman–Crippen MR) is 174 cm³/mol. The van der Waals surface area contributed by atoms with Crippen molar-refractivity contribution in [3.63, 3.8) is 0 Å². The molecule has 2 aromatic carbocycles. The molecule has 2 aromatic rings. The van der Waals surface area contributed by atoms with Crippen LogP contribution in [0, 0.1) is 23.7 Å². The third-order valence-corrected chi connectivity index (χ3v) is 12.4. The number of esters is 4. The third-order valence-electron chi connectivity index (χ3n) is 12.4. The molecule has 1 saturated carbocycles. The second kappa shape index (κ2) is 13.3. The van der Waals surface area contributed by atoms with Crippen LogP contribution in [0.2, 0.25) is 0 Å². The van der Waals surface area contributed by atoms with E-state index < -0.39 is 47.8 Å². The van der Waals surface area contributed by atoms with Crippen LogP contribution in [0.3, 0.4) is 0 Å². The Labute approximate surface area is 282 Å². The van der Waals surface area contributed by atoms with Crippen molar-refractivity contribution in [1.82, 2.24) is 9.80 Å². The summed E-state index contributed by atoms with van der Waals surface area (Å²) in [4.78, 5) is 59.7. The molecular weight excluding hydrogens is 612 g/mol. The summed E-state index contributed by atoms with van der Waals surface area (Å²) in [6, 6.07) is 19.8. The first kappa shape index (κ1) is 32.8. The number of methoxy groups -OCH3 is 2. The highest BCUT2D eigenvalue weighted by Crippen LogP contribution is 2.59.